The number of fused-ring (bicyclic) bond motifs is 1. The monoisotopic (exact) mass is 409 g/mol. The molecule has 1 heterocycles. The number of amides is 1. The van der Waals surface area contributed by atoms with Gasteiger partial charge in [0.15, 0.2) is 0 Å². The Bertz CT molecular complexity index is 1120. The van der Waals surface area contributed by atoms with E-state index in [1.54, 1.807) is 6.08 Å². The van der Waals surface area contributed by atoms with Gasteiger partial charge in [0.2, 0.25) is 0 Å². The van der Waals surface area contributed by atoms with Crippen LogP contribution in [0.1, 0.15) is 24.0 Å². The first-order valence-electron chi connectivity index (χ1n) is 9.00. The Morgan fingerprint density at radius 2 is 1.89 bits per heavy atom. The zero-order chi connectivity index (χ0) is 19.7. The molecule has 0 radical (unpaired) electrons. The molecule has 0 aliphatic heterocycles. The Morgan fingerprint density at radius 1 is 1.18 bits per heavy atom. The number of carbonyl (C=O) groups is 1. The van der Waals surface area contributed by atoms with Crippen molar-refractivity contribution in [1.82, 2.24) is 9.88 Å². The summed E-state index contributed by atoms with van der Waals surface area (Å²) in [6, 6.07) is 15.5. The second kappa shape index (κ2) is 7.71. The van der Waals surface area contributed by atoms with Crippen LogP contribution in [-0.2, 0) is 11.3 Å². The minimum absolute atomic E-state index is 0.102. The summed E-state index contributed by atoms with van der Waals surface area (Å²) in [5.74, 6) is -0.323. The highest BCUT2D eigenvalue weighted by Crippen LogP contribution is 2.29. The van der Waals surface area contributed by atoms with Gasteiger partial charge in [-0.1, -0.05) is 47.5 Å². The molecule has 1 aliphatic carbocycles. The Morgan fingerprint density at radius 3 is 2.57 bits per heavy atom. The van der Waals surface area contributed by atoms with E-state index in [-0.39, 0.29) is 17.5 Å². The summed E-state index contributed by atoms with van der Waals surface area (Å²) in [4.78, 5) is 12.3. The van der Waals surface area contributed by atoms with E-state index in [4.69, 9.17) is 23.2 Å². The van der Waals surface area contributed by atoms with Gasteiger partial charge in [-0.15, -0.1) is 0 Å². The fraction of sp³-hybridized carbons (Fsp3) is 0.182. The van der Waals surface area contributed by atoms with Crippen LogP contribution in [0, 0.1) is 11.3 Å². The fourth-order valence-corrected chi connectivity index (χ4v) is 3.69. The predicted molar refractivity (Wildman–Crippen MR) is 112 cm³/mol. The highest BCUT2D eigenvalue weighted by atomic mass is 35.5. The summed E-state index contributed by atoms with van der Waals surface area (Å²) in [6.07, 6.45) is 5.52. The molecule has 1 aromatic heterocycles. The van der Waals surface area contributed by atoms with Crippen LogP contribution in [-0.4, -0.2) is 16.5 Å². The lowest BCUT2D eigenvalue weighted by Crippen LogP contribution is -2.26. The number of benzene rings is 2. The number of halogens is 2. The van der Waals surface area contributed by atoms with Crippen molar-refractivity contribution in [1.29, 1.82) is 5.26 Å². The molecule has 140 valence electrons. The molecule has 0 unspecified atom stereocenters. The Hall–Kier alpha value is -2.74. The lowest BCUT2D eigenvalue weighted by Gasteiger charge is -2.09. The third kappa shape index (κ3) is 3.77. The summed E-state index contributed by atoms with van der Waals surface area (Å²) < 4.78 is 2.03. The Balaban J connectivity index is 1.75. The van der Waals surface area contributed by atoms with Crippen molar-refractivity contribution in [2.75, 3.05) is 0 Å². The molecule has 1 N–H and O–H groups in total. The smallest absolute Gasteiger partial charge is 0.262 e. The number of nitrogens with one attached hydrogen (secondary N) is 1. The highest BCUT2D eigenvalue weighted by Gasteiger charge is 2.25. The van der Waals surface area contributed by atoms with Gasteiger partial charge in [0.1, 0.15) is 11.6 Å². The molecule has 1 aliphatic rings. The normalized spacial score (nSPS) is 14.1. The van der Waals surface area contributed by atoms with Gasteiger partial charge in [0, 0.05) is 44.3 Å². The molecule has 4 rings (SSSR count). The molecule has 28 heavy (non-hydrogen) atoms. The number of hydrogen-bond acceptors (Lipinski definition) is 2. The number of para-hydroxylation sites is 1. The Kier molecular flexibility index (Phi) is 5.13. The van der Waals surface area contributed by atoms with Crippen molar-refractivity contribution < 1.29 is 4.79 Å². The number of nitriles is 1. The first-order chi connectivity index (χ1) is 13.6. The maximum atomic E-state index is 12.3. The number of aromatic nitrogens is 1. The van der Waals surface area contributed by atoms with E-state index in [0.717, 1.165) is 34.9 Å². The molecule has 1 saturated carbocycles. The first kappa shape index (κ1) is 18.6. The zero-order valence-electron chi connectivity index (χ0n) is 15.0. The van der Waals surface area contributed by atoms with Crippen molar-refractivity contribution >= 4 is 46.1 Å². The minimum Gasteiger partial charge on any atom is -0.349 e. The third-order valence-corrected chi connectivity index (χ3v) is 5.50. The first-order valence-corrected chi connectivity index (χ1v) is 9.76. The van der Waals surface area contributed by atoms with Gasteiger partial charge in [0.25, 0.3) is 5.91 Å². The Labute approximate surface area is 173 Å². The van der Waals surface area contributed by atoms with Crippen LogP contribution in [0.15, 0.2) is 54.2 Å². The van der Waals surface area contributed by atoms with Crippen LogP contribution in [0.3, 0.4) is 0 Å². The standard InChI is InChI=1S/C22H17Cl2N3O/c23-19-5-3-6-20(24)18(19)13-27-12-15(17-4-1-2-7-21(17)27)10-14(11-25)22(28)26-16-8-9-16/h1-7,10,12,16H,8-9,13H2,(H,26,28)/b14-10+. The molecule has 4 nitrogen and oxygen atoms in total. The summed E-state index contributed by atoms with van der Waals surface area (Å²) >= 11 is 12.7. The van der Waals surface area contributed by atoms with Gasteiger partial charge in [0.05, 0.1) is 6.54 Å². The van der Waals surface area contributed by atoms with Crippen LogP contribution in [0.25, 0.3) is 17.0 Å². The molecule has 0 atom stereocenters. The number of hydrogen-bond donors (Lipinski definition) is 1. The van der Waals surface area contributed by atoms with Crippen molar-refractivity contribution in [3.8, 4) is 6.07 Å². The third-order valence-electron chi connectivity index (χ3n) is 4.79. The molecule has 0 spiro atoms. The topological polar surface area (TPSA) is 57.8 Å². The molecular formula is C22H17Cl2N3O. The van der Waals surface area contributed by atoms with Crippen LogP contribution >= 0.6 is 23.2 Å². The van der Waals surface area contributed by atoms with Crippen molar-refractivity contribution in [3.63, 3.8) is 0 Å². The van der Waals surface area contributed by atoms with Crippen LogP contribution in [0.5, 0.6) is 0 Å². The van der Waals surface area contributed by atoms with Gasteiger partial charge >= 0.3 is 0 Å². The van der Waals surface area contributed by atoms with E-state index in [1.165, 1.54) is 0 Å². The average molecular weight is 410 g/mol. The summed E-state index contributed by atoms with van der Waals surface area (Å²) in [5, 5.41) is 14.5. The quantitative estimate of drug-likeness (QED) is 0.465. The van der Waals surface area contributed by atoms with E-state index in [0.29, 0.717) is 16.6 Å². The molecule has 1 fully saturated rings. The lowest BCUT2D eigenvalue weighted by atomic mass is 10.1. The fourth-order valence-electron chi connectivity index (χ4n) is 3.17. The van der Waals surface area contributed by atoms with E-state index in [1.807, 2.05) is 59.3 Å². The van der Waals surface area contributed by atoms with Crippen molar-refractivity contribution in [2.45, 2.75) is 25.4 Å². The lowest BCUT2D eigenvalue weighted by molar-refractivity contribution is -0.117. The maximum Gasteiger partial charge on any atom is 0.262 e. The van der Waals surface area contributed by atoms with Crippen LogP contribution in [0.2, 0.25) is 10.0 Å². The van der Waals surface area contributed by atoms with Crippen LogP contribution in [0.4, 0.5) is 0 Å². The zero-order valence-corrected chi connectivity index (χ0v) is 16.5. The van der Waals surface area contributed by atoms with Gasteiger partial charge in [-0.3, -0.25) is 4.79 Å². The average Bonchev–Trinajstić information content (AvgIpc) is 3.44. The summed E-state index contributed by atoms with van der Waals surface area (Å²) in [6.45, 7) is 0.489. The van der Waals surface area contributed by atoms with E-state index in [2.05, 4.69) is 5.32 Å². The van der Waals surface area contributed by atoms with Crippen molar-refractivity contribution in [3.05, 3.63) is 75.4 Å². The number of carbonyl (C=O) groups excluding carboxylic acids is 1. The van der Waals surface area contributed by atoms with E-state index in [9.17, 15) is 10.1 Å². The summed E-state index contributed by atoms with van der Waals surface area (Å²) in [5.41, 5.74) is 2.71. The second-order valence-electron chi connectivity index (χ2n) is 6.85. The molecule has 1 amide bonds. The van der Waals surface area contributed by atoms with Gasteiger partial charge in [-0.05, 0) is 37.1 Å². The number of nitrogens with zero attached hydrogens (tertiary/aromatic N) is 2. The predicted octanol–water partition coefficient (Wildman–Crippen LogP) is 5.18. The maximum absolute atomic E-state index is 12.3. The largest absolute Gasteiger partial charge is 0.349 e. The van der Waals surface area contributed by atoms with E-state index < -0.39 is 0 Å². The second-order valence-corrected chi connectivity index (χ2v) is 7.66. The molecule has 2 aromatic carbocycles. The molecule has 3 aromatic rings. The van der Waals surface area contributed by atoms with Gasteiger partial charge in [-0.2, -0.15) is 5.26 Å². The minimum atomic E-state index is -0.323. The molecule has 6 heteroatoms. The molecule has 0 bridgehead atoms. The van der Waals surface area contributed by atoms with Gasteiger partial charge < -0.3 is 9.88 Å². The molecule has 0 saturated heterocycles. The van der Waals surface area contributed by atoms with Crippen LogP contribution < -0.4 is 5.32 Å². The molecular weight excluding hydrogens is 393 g/mol. The number of rotatable bonds is 5. The van der Waals surface area contributed by atoms with E-state index >= 15 is 0 Å². The van der Waals surface area contributed by atoms with Gasteiger partial charge in [-0.25, -0.2) is 0 Å². The van der Waals surface area contributed by atoms with Crippen molar-refractivity contribution in [2.24, 2.45) is 0 Å². The highest BCUT2D eigenvalue weighted by molar-refractivity contribution is 6.36. The SMILES string of the molecule is N#C/C(=C\c1cn(Cc2c(Cl)cccc2Cl)c2ccccc12)C(=O)NC1CC1. The summed E-state index contributed by atoms with van der Waals surface area (Å²) in [7, 11) is 0.